The van der Waals surface area contributed by atoms with Crippen molar-refractivity contribution in [2.45, 2.75) is 6.92 Å². The minimum atomic E-state index is 0.0218. The first-order valence-corrected chi connectivity index (χ1v) is 8.58. The van der Waals surface area contributed by atoms with Crippen molar-refractivity contribution in [1.29, 1.82) is 0 Å². The van der Waals surface area contributed by atoms with Gasteiger partial charge in [0.1, 0.15) is 0 Å². The number of piperazine rings is 1. The summed E-state index contributed by atoms with van der Waals surface area (Å²) in [7, 11) is 0. The van der Waals surface area contributed by atoms with Gasteiger partial charge in [-0.1, -0.05) is 29.8 Å². The summed E-state index contributed by atoms with van der Waals surface area (Å²) in [5, 5.41) is 3.66. The highest BCUT2D eigenvalue weighted by atomic mass is 35.5. The van der Waals surface area contributed by atoms with Crippen molar-refractivity contribution >= 4 is 28.9 Å². The molecule has 126 valence electrons. The van der Waals surface area contributed by atoms with Gasteiger partial charge < -0.3 is 10.2 Å². The smallest absolute Gasteiger partial charge is 0.238 e. The van der Waals surface area contributed by atoms with Crippen LogP contribution in [0.5, 0.6) is 0 Å². The van der Waals surface area contributed by atoms with Crippen LogP contribution in [0.1, 0.15) is 5.56 Å². The summed E-state index contributed by atoms with van der Waals surface area (Å²) in [6, 6.07) is 15.9. The number of carbonyl (C=O) groups excluding carboxylic acids is 1. The summed E-state index contributed by atoms with van der Waals surface area (Å²) in [5.41, 5.74) is 3.05. The summed E-state index contributed by atoms with van der Waals surface area (Å²) in [6.07, 6.45) is 0. The van der Waals surface area contributed by atoms with Crippen molar-refractivity contribution in [3.63, 3.8) is 0 Å². The van der Waals surface area contributed by atoms with E-state index in [0.717, 1.165) is 37.4 Å². The van der Waals surface area contributed by atoms with E-state index in [4.69, 9.17) is 11.6 Å². The molecule has 1 heterocycles. The molecule has 4 nitrogen and oxygen atoms in total. The van der Waals surface area contributed by atoms with Gasteiger partial charge >= 0.3 is 0 Å². The highest BCUT2D eigenvalue weighted by molar-refractivity contribution is 6.30. The van der Waals surface area contributed by atoms with Crippen molar-refractivity contribution in [2.75, 3.05) is 42.9 Å². The third kappa shape index (κ3) is 4.28. The number of para-hydroxylation sites is 1. The molecule has 0 saturated carbocycles. The minimum absolute atomic E-state index is 0.0218. The fraction of sp³-hybridized carbons (Fsp3) is 0.316. The van der Waals surface area contributed by atoms with Crippen molar-refractivity contribution in [1.82, 2.24) is 4.90 Å². The number of rotatable bonds is 4. The molecule has 0 radical (unpaired) electrons. The Hall–Kier alpha value is -2.04. The molecule has 1 fully saturated rings. The second kappa shape index (κ2) is 7.69. The number of benzene rings is 2. The number of carbonyl (C=O) groups is 1. The Labute approximate surface area is 148 Å². The van der Waals surface area contributed by atoms with Gasteiger partial charge in [0.2, 0.25) is 5.91 Å². The average Bonchev–Trinajstić information content (AvgIpc) is 2.59. The topological polar surface area (TPSA) is 35.6 Å². The molecule has 0 spiro atoms. The van der Waals surface area contributed by atoms with E-state index in [1.807, 2.05) is 25.1 Å². The maximum Gasteiger partial charge on any atom is 0.238 e. The van der Waals surface area contributed by atoms with Crippen LogP contribution < -0.4 is 10.2 Å². The Morgan fingerprint density at radius 1 is 1.08 bits per heavy atom. The van der Waals surface area contributed by atoms with Crippen LogP contribution in [0.3, 0.4) is 0 Å². The maximum absolute atomic E-state index is 12.3. The molecule has 1 N–H and O–H groups in total. The van der Waals surface area contributed by atoms with Gasteiger partial charge in [0.05, 0.1) is 6.54 Å². The lowest BCUT2D eigenvalue weighted by Crippen LogP contribution is -2.48. The van der Waals surface area contributed by atoms with E-state index in [0.29, 0.717) is 11.6 Å². The average molecular weight is 344 g/mol. The third-order valence-electron chi connectivity index (χ3n) is 4.32. The lowest BCUT2D eigenvalue weighted by molar-refractivity contribution is -0.117. The summed E-state index contributed by atoms with van der Waals surface area (Å²) in [5.74, 6) is 0.0218. The van der Waals surface area contributed by atoms with Crippen molar-refractivity contribution < 1.29 is 4.79 Å². The van der Waals surface area contributed by atoms with Crippen LogP contribution in [-0.2, 0) is 4.79 Å². The SMILES string of the molecule is Cc1cc(Cl)ccc1NC(=O)CN1CCN(c2ccccc2)CC1. The second-order valence-electron chi connectivity index (χ2n) is 6.11. The molecular formula is C19H22ClN3O. The van der Waals surface area contributed by atoms with Gasteiger partial charge in [0, 0.05) is 42.6 Å². The summed E-state index contributed by atoms with van der Waals surface area (Å²) >= 11 is 5.95. The van der Waals surface area contributed by atoms with Gasteiger partial charge in [-0.15, -0.1) is 0 Å². The Morgan fingerprint density at radius 2 is 1.79 bits per heavy atom. The molecule has 3 rings (SSSR count). The maximum atomic E-state index is 12.3. The van der Waals surface area contributed by atoms with Crippen molar-refractivity contribution in [2.24, 2.45) is 0 Å². The number of anilines is 2. The van der Waals surface area contributed by atoms with Crippen LogP contribution in [0, 0.1) is 6.92 Å². The standard InChI is InChI=1S/C19H22ClN3O/c1-15-13-16(20)7-8-18(15)21-19(24)14-22-9-11-23(12-10-22)17-5-3-2-4-6-17/h2-8,13H,9-12,14H2,1H3,(H,21,24). The third-order valence-corrected chi connectivity index (χ3v) is 4.56. The van der Waals surface area contributed by atoms with E-state index in [2.05, 4.69) is 39.4 Å². The second-order valence-corrected chi connectivity index (χ2v) is 6.54. The van der Waals surface area contributed by atoms with Gasteiger partial charge in [-0.2, -0.15) is 0 Å². The molecule has 0 aliphatic carbocycles. The largest absolute Gasteiger partial charge is 0.369 e. The zero-order chi connectivity index (χ0) is 16.9. The fourth-order valence-electron chi connectivity index (χ4n) is 2.96. The number of nitrogens with one attached hydrogen (secondary N) is 1. The summed E-state index contributed by atoms with van der Waals surface area (Å²) in [4.78, 5) is 16.8. The number of amides is 1. The molecule has 0 aromatic heterocycles. The van der Waals surface area contributed by atoms with Crippen LogP contribution in [0.2, 0.25) is 5.02 Å². The zero-order valence-electron chi connectivity index (χ0n) is 13.8. The predicted molar refractivity (Wildman–Crippen MR) is 99.9 cm³/mol. The molecule has 1 amide bonds. The highest BCUT2D eigenvalue weighted by Crippen LogP contribution is 2.20. The van der Waals surface area contributed by atoms with Gasteiger partial charge in [-0.25, -0.2) is 0 Å². The number of nitrogens with zero attached hydrogens (tertiary/aromatic N) is 2. The molecule has 0 unspecified atom stereocenters. The van der Waals surface area contributed by atoms with Crippen molar-refractivity contribution in [3.8, 4) is 0 Å². The van der Waals surface area contributed by atoms with Crippen molar-refractivity contribution in [3.05, 3.63) is 59.1 Å². The summed E-state index contributed by atoms with van der Waals surface area (Å²) in [6.45, 7) is 6.03. The van der Waals surface area contributed by atoms with E-state index in [1.165, 1.54) is 5.69 Å². The van der Waals surface area contributed by atoms with Crippen LogP contribution in [-0.4, -0.2) is 43.5 Å². The lowest BCUT2D eigenvalue weighted by atomic mass is 10.2. The normalized spacial score (nSPS) is 15.3. The van der Waals surface area contributed by atoms with Gasteiger partial charge in [-0.3, -0.25) is 9.69 Å². The molecule has 24 heavy (non-hydrogen) atoms. The van der Waals surface area contributed by atoms with E-state index in [9.17, 15) is 4.79 Å². The summed E-state index contributed by atoms with van der Waals surface area (Å²) < 4.78 is 0. The first-order valence-electron chi connectivity index (χ1n) is 8.20. The Balaban J connectivity index is 1.50. The molecule has 0 bridgehead atoms. The van der Waals surface area contributed by atoms with Crippen LogP contribution in [0.15, 0.2) is 48.5 Å². The monoisotopic (exact) mass is 343 g/mol. The molecule has 2 aromatic rings. The minimum Gasteiger partial charge on any atom is -0.369 e. The van der Waals surface area contributed by atoms with Crippen LogP contribution in [0.4, 0.5) is 11.4 Å². The van der Waals surface area contributed by atoms with E-state index >= 15 is 0 Å². The Bertz CT molecular complexity index is 697. The Morgan fingerprint density at radius 3 is 2.46 bits per heavy atom. The van der Waals surface area contributed by atoms with E-state index in [1.54, 1.807) is 6.07 Å². The molecule has 2 aromatic carbocycles. The number of hydrogen-bond donors (Lipinski definition) is 1. The lowest BCUT2D eigenvalue weighted by Gasteiger charge is -2.35. The number of halogens is 1. The molecule has 5 heteroatoms. The molecule has 1 aliphatic heterocycles. The molecule has 0 atom stereocenters. The predicted octanol–water partition coefficient (Wildman–Crippen LogP) is 3.41. The zero-order valence-corrected chi connectivity index (χ0v) is 14.6. The highest BCUT2D eigenvalue weighted by Gasteiger charge is 2.19. The first-order chi connectivity index (χ1) is 11.6. The Kier molecular flexibility index (Phi) is 5.38. The molecule has 1 aliphatic rings. The quantitative estimate of drug-likeness (QED) is 0.924. The fourth-order valence-corrected chi connectivity index (χ4v) is 3.19. The van der Waals surface area contributed by atoms with Crippen LogP contribution in [0.25, 0.3) is 0 Å². The number of hydrogen-bond acceptors (Lipinski definition) is 3. The van der Waals surface area contributed by atoms with Gasteiger partial charge in [0.25, 0.3) is 0 Å². The van der Waals surface area contributed by atoms with Gasteiger partial charge in [0.15, 0.2) is 0 Å². The van der Waals surface area contributed by atoms with E-state index in [-0.39, 0.29) is 5.91 Å². The molecular weight excluding hydrogens is 322 g/mol. The number of aryl methyl sites for hydroxylation is 1. The molecule has 1 saturated heterocycles. The van der Waals surface area contributed by atoms with Crippen LogP contribution >= 0.6 is 11.6 Å². The van der Waals surface area contributed by atoms with E-state index < -0.39 is 0 Å². The first kappa shape index (κ1) is 16.8. The van der Waals surface area contributed by atoms with Gasteiger partial charge in [-0.05, 0) is 42.8 Å².